The summed E-state index contributed by atoms with van der Waals surface area (Å²) in [4.78, 5) is 25.8. The minimum Gasteiger partial charge on any atom is -0.493 e. The van der Waals surface area contributed by atoms with Crippen molar-refractivity contribution in [3.05, 3.63) is 93.5 Å². The van der Waals surface area contributed by atoms with Crippen molar-refractivity contribution in [1.82, 2.24) is 0 Å². The number of alkyl halides is 2. The van der Waals surface area contributed by atoms with Crippen LogP contribution < -0.4 is 10.1 Å². The molecule has 0 aromatic heterocycles. The molecule has 0 saturated heterocycles. The van der Waals surface area contributed by atoms with Crippen LogP contribution in [0.15, 0.2) is 48.5 Å². The van der Waals surface area contributed by atoms with Gasteiger partial charge >= 0.3 is 0 Å². The van der Waals surface area contributed by atoms with E-state index in [0.717, 1.165) is 31.4 Å². The number of ether oxygens (including phenoxy) is 1. The molecule has 1 saturated carbocycles. The van der Waals surface area contributed by atoms with Crippen LogP contribution in [-0.2, 0) is 11.2 Å². The van der Waals surface area contributed by atoms with E-state index in [-0.39, 0.29) is 21.8 Å². The summed E-state index contributed by atoms with van der Waals surface area (Å²) in [6.07, 6.45) is -0.512. The molecule has 2 unspecified atom stereocenters. The minimum absolute atomic E-state index is 0.104. The van der Waals surface area contributed by atoms with Crippen LogP contribution in [0.4, 0.5) is 23.2 Å². The Morgan fingerprint density at radius 3 is 2.33 bits per heavy atom. The largest absolute Gasteiger partial charge is 0.493 e. The number of ketones is 1. The Kier molecular flexibility index (Phi) is 7.23. The molecule has 4 rings (SSSR count). The van der Waals surface area contributed by atoms with Crippen LogP contribution in [0, 0.1) is 29.2 Å². The maximum absolute atomic E-state index is 14.7. The SMILES string of the molecule is COc1c(F)cc(NC(=O)C2C(c3ccc(F)c(Cl)c3)C2(Cl)Cl)cc1C(=O)Cc1ccc(F)cc1F. The lowest BCUT2D eigenvalue weighted by Gasteiger charge is -2.13. The molecule has 36 heavy (non-hydrogen) atoms. The van der Waals surface area contributed by atoms with Gasteiger partial charge in [-0.25, -0.2) is 17.6 Å². The van der Waals surface area contributed by atoms with Crippen molar-refractivity contribution in [3.63, 3.8) is 0 Å². The van der Waals surface area contributed by atoms with Gasteiger partial charge in [-0.15, -0.1) is 23.2 Å². The maximum atomic E-state index is 14.7. The van der Waals surface area contributed by atoms with Crippen LogP contribution in [0.1, 0.15) is 27.4 Å². The number of hydrogen-bond acceptors (Lipinski definition) is 3. The Labute approximate surface area is 218 Å². The van der Waals surface area contributed by atoms with Crippen LogP contribution in [-0.4, -0.2) is 23.1 Å². The Balaban J connectivity index is 1.58. The van der Waals surface area contributed by atoms with Crippen LogP contribution in [0.5, 0.6) is 5.75 Å². The molecule has 2 atom stereocenters. The summed E-state index contributed by atoms with van der Waals surface area (Å²) in [7, 11) is 1.14. The Bertz CT molecular complexity index is 1380. The molecule has 0 aliphatic heterocycles. The zero-order valence-corrected chi connectivity index (χ0v) is 20.6. The third-order valence-corrected chi connectivity index (χ3v) is 7.05. The van der Waals surface area contributed by atoms with Crippen LogP contribution in [0.25, 0.3) is 0 Å². The fourth-order valence-electron chi connectivity index (χ4n) is 4.01. The number of halogens is 7. The first-order valence-corrected chi connectivity index (χ1v) is 11.6. The third-order valence-electron chi connectivity index (χ3n) is 5.82. The fourth-order valence-corrected chi connectivity index (χ4v) is 5.02. The molecule has 1 aliphatic rings. The smallest absolute Gasteiger partial charge is 0.231 e. The normalized spacial score (nSPS) is 18.0. The molecular weight excluding hydrogens is 545 g/mol. The van der Waals surface area contributed by atoms with E-state index in [2.05, 4.69) is 5.32 Å². The average molecular weight is 561 g/mol. The van der Waals surface area contributed by atoms with Crippen LogP contribution >= 0.6 is 34.8 Å². The summed E-state index contributed by atoms with van der Waals surface area (Å²) < 4.78 is 58.9. The van der Waals surface area contributed by atoms with Gasteiger partial charge < -0.3 is 10.1 Å². The topological polar surface area (TPSA) is 55.4 Å². The summed E-state index contributed by atoms with van der Waals surface area (Å²) in [6.45, 7) is 0. The fraction of sp³-hybridized carbons (Fsp3) is 0.200. The van der Waals surface area contributed by atoms with Crippen molar-refractivity contribution in [2.75, 3.05) is 12.4 Å². The molecule has 0 bridgehead atoms. The van der Waals surface area contributed by atoms with Gasteiger partial charge in [0.25, 0.3) is 0 Å². The van der Waals surface area contributed by atoms with Gasteiger partial charge in [-0.05, 0) is 35.4 Å². The van der Waals surface area contributed by atoms with Crippen molar-refractivity contribution in [2.45, 2.75) is 16.7 Å². The standard InChI is InChI=1S/C25H16Cl3F4NO3/c1-36-23-15(20(34)7-11-2-4-13(29)8-18(11)31)9-14(10-19(23)32)33-24(35)22-21(25(22,27)28)12-3-5-17(30)16(26)6-12/h2-6,8-10,21-22H,7H2,1H3,(H,33,35). The molecule has 188 valence electrons. The number of hydrogen-bond donors (Lipinski definition) is 1. The Morgan fingerprint density at radius 2 is 1.69 bits per heavy atom. The molecule has 11 heteroatoms. The van der Waals surface area contributed by atoms with Crippen molar-refractivity contribution >= 4 is 52.2 Å². The predicted molar refractivity (Wildman–Crippen MR) is 128 cm³/mol. The highest BCUT2D eigenvalue weighted by Gasteiger charge is 2.67. The van der Waals surface area contributed by atoms with Crippen molar-refractivity contribution in [3.8, 4) is 5.75 Å². The summed E-state index contributed by atoms with van der Waals surface area (Å²) in [5.74, 6) is -6.89. The predicted octanol–water partition coefficient (Wildman–Crippen LogP) is 6.86. The highest BCUT2D eigenvalue weighted by Crippen LogP contribution is 2.65. The second kappa shape index (κ2) is 9.92. The summed E-state index contributed by atoms with van der Waals surface area (Å²) in [6, 6.07) is 8.65. The van der Waals surface area contributed by atoms with Gasteiger partial charge in [-0.3, -0.25) is 9.59 Å². The van der Waals surface area contributed by atoms with E-state index in [1.54, 1.807) is 0 Å². The van der Waals surface area contributed by atoms with Gasteiger partial charge in [0.15, 0.2) is 17.3 Å². The van der Waals surface area contributed by atoms with E-state index in [0.29, 0.717) is 11.6 Å². The molecule has 0 spiro atoms. The number of amides is 1. The van der Waals surface area contributed by atoms with Gasteiger partial charge in [-0.2, -0.15) is 0 Å². The van der Waals surface area contributed by atoms with Gasteiger partial charge in [-0.1, -0.05) is 23.7 Å². The third kappa shape index (κ3) is 5.03. The molecule has 0 heterocycles. The number of Topliss-reactive ketones (excluding diaryl/α,β-unsaturated/α-hetero) is 1. The van der Waals surface area contributed by atoms with E-state index in [9.17, 15) is 27.2 Å². The van der Waals surface area contributed by atoms with E-state index in [1.165, 1.54) is 18.2 Å². The average Bonchev–Trinajstić information content (AvgIpc) is 3.39. The number of rotatable bonds is 7. The molecular formula is C25H16Cl3F4NO3. The molecule has 1 amide bonds. The maximum Gasteiger partial charge on any atom is 0.231 e. The molecule has 4 nitrogen and oxygen atoms in total. The number of nitrogens with one attached hydrogen (secondary N) is 1. The second-order valence-corrected chi connectivity index (χ2v) is 10.0. The second-order valence-electron chi connectivity index (χ2n) is 8.17. The Hall–Kier alpha value is -2.81. The number of methoxy groups -OCH3 is 1. The van der Waals surface area contributed by atoms with Crippen molar-refractivity contribution in [1.29, 1.82) is 0 Å². The van der Waals surface area contributed by atoms with Gasteiger partial charge in [0.2, 0.25) is 5.91 Å². The zero-order valence-electron chi connectivity index (χ0n) is 18.4. The lowest BCUT2D eigenvalue weighted by molar-refractivity contribution is -0.117. The van der Waals surface area contributed by atoms with Crippen molar-refractivity contribution in [2.24, 2.45) is 5.92 Å². The van der Waals surface area contributed by atoms with Crippen molar-refractivity contribution < 1.29 is 31.9 Å². The zero-order chi connectivity index (χ0) is 26.4. The molecule has 1 N–H and O–H groups in total. The lowest BCUT2D eigenvalue weighted by Crippen LogP contribution is -2.18. The van der Waals surface area contributed by atoms with Crippen LogP contribution in [0.2, 0.25) is 5.02 Å². The van der Waals surface area contributed by atoms with E-state index in [4.69, 9.17) is 39.5 Å². The monoisotopic (exact) mass is 559 g/mol. The molecule has 1 aliphatic carbocycles. The molecule has 1 fully saturated rings. The van der Waals surface area contributed by atoms with E-state index >= 15 is 0 Å². The minimum atomic E-state index is -1.53. The lowest BCUT2D eigenvalue weighted by atomic mass is 10.0. The molecule has 0 radical (unpaired) electrons. The quantitative estimate of drug-likeness (QED) is 0.195. The first-order valence-electron chi connectivity index (χ1n) is 10.4. The number of anilines is 1. The van der Waals surface area contributed by atoms with E-state index in [1.807, 2.05) is 0 Å². The first kappa shape index (κ1) is 26.3. The number of benzene rings is 3. The molecule has 3 aromatic carbocycles. The summed E-state index contributed by atoms with van der Waals surface area (Å²) >= 11 is 18.4. The van der Waals surface area contributed by atoms with Gasteiger partial charge in [0, 0.05) is 30.2 Å². The van der Waals surface area contributed by atoms with Crippen LogP contribution in [0.3, 0.4) is 0 Å². The number of carbonyl (C=O) groups is 2. The highest BCUT2D eigenvalue weighted by atomic mass is 35.5. The van der Waals surface area contributed by atoms with Gasteiger partial charge in [0.1, 0.15) is 21.8 Å². The number of carbonyl (C=O) groups excluding carboxylic acids is 2. The molecule has 3 aromatic rings. The summed E-state index contributed by atoms with van der Waals surface area (Å²) in [5.41, 5.74) is -0.0406. The summed E-state index contributed by atoms with van der Waals surface area (Å²) in [5, 5.41) is 2.30. The van der Waals surface area contributed by atoms with Gasteiger partial charge in [0.05, 0.1) is 23.6 Å². The highest BCUT2D eigenvalue weighted by molar-refractivity contribution is 6.53. The Morgan fingerprint density at radius 1 is 0.972 bits per heavy atom. The van der Waals surface area contributed by atoms with E-state index < -0.39 is 63.3 Å². The first-order chi connectivity index (χ1) is 16.9.